The van der Waals surface area contributed by atoms with Crippen LogP contribution < -0.4 is 5.32 Å². The summed E-state index contributed by atoms with van der Waals surface area (Å²) in [6.07, 6.45) is -1.00. The minimum atomic E-state index is -0.501. The lowest BCUT2D eigenvalue weighted by Crippen LogP contribution is -2.38. The first-order valence-corrected chi connectivity index (χ1v) is 5.30. The summed E-state index contributed by atoms with van der Waals surface area (Å²) in [5.74, 6) is 0. The van der Waals surface area contributed by atoms with Crippen molar-refractivity contribution in [3.63, 3.8) is 0 Å². The number of hydrogen-bond acceptors (Lipinski definition) is 4. The third kappa shape index (κ3) is 2.20. The number of hydrogen-bond donors (Lipinski definition) is 1. The molecule has 0 aromatic carbocycles. The van der Waals surface area contributed by atoms with Crippen LogP contribution in [0, 0.1) is 0 Å². The van der Waals surface area contributed by atoms with Crippen molar-refractivity contribution in [1.29, 1.82) is 0 Å². The zero-order chi connectivity index (χ0) is 11.9. The molecule has 16 heavy (non-hydrogen) atoms. The third-order valence-electron chi connectivity index (χ3n) is 2.48. The van der Waals surface area contributed by atoms with Crippen molar-refractivity contribution in [1.82, 2.24) is 10.2 Å². The van der Waals surface area contributed by atoms with Crippen molar-refractivity contribution < 1.29 is 19.1 Å². The minimum Gasteiger partial charge on any atom is -0.444 e. The topological polar surface area (TPSA) is 67.9 Å². The van der Waals surface area contributed by atoms with Crippen molar-refractivity contribution in [3.05, 3.63) is 0 Å². The number of rotatable bonds is 0. The number of nitrogens with one attached hydrogen (secondary N) is 1. The predicted molar refractivity (Wildman–Crippen MR) is 55.0 cm³/mol. The second-order valence-electron chi connectivity index (χ2n) is 5.08. The van der Waals surface area contributed by atoms with E-state index in [9.17, 15) is 9.59 Å². The lowest BCUT2D eigenvalue weighted by Gasteiger charge is -2.24. The van der Waals surface area contributed by atoms with Gasteiger partial charge in [-0.3, -0.25) is 0 Å². The van der Waals surface area contributed by atoms with Crippen molar-refractivity contribution in [3.8, 4) is 0 Å². The van der Waals surface area contributed by atoms with E-state index in [2.05, 4.69) is 5.32 Å². The van der Waals surface area contributed by atoms with Crippen LogP contribution in [0.3, 0.4) is 0 Å². The van der Waals surface area contributed by atoms with Crippen molar-refractivity contribution in [2.24, 2.45) is 0 Å². The fourth-order valence-corrected chi connectivity index (χ4v) is 1.83. The molecule has 2 fully saturated rings. The Kier molecular flexibility index (Phi) is 2.44. The van der Waals surface area contributed by atoms with Gasteiger partial charge in [-0.25, -0.2) is 9.59 Å². The van der Waals surface area contributed by atoms with Gasteiger partial charge in [0.25, 0.3) is 0 Å². The van der Waals surface area contributed by atoms with Crippen LogP contribution in [0.25, 0.3) is 0 Å². The molecule has 6 heteroatoms. The molecule has 90 valence electrons. The average Bonchev–Trinajstić information content (AvgIpc) is 2.56. The molecule has 2 aliphatic heterocycles. The Balaban J connectivity index is 1.90. The van der Waals surface area contributed by atoms with Crippen LogP contribution in [0.1, 0.15) is 20.8 Å². The zero-order valence-electron chi connectivity index (χ0n) is 9.65. The Labute approximate surface area is 93.9 Å². The van der Waals surface area contributed by atoms with Gasteiger partial charge >= 0.3 is 12.2 Å². The maximum absolute atomic E-state index is 11.7. The van der Waals surface area contributed by atoms with E-state index >= 15 is 0 Å². The number of ether oxygens (including phenoxy) is 2. The Morgan fingerprint density at radius 2 is 2.19 bits per heavy atom. The SMILES string of the molecule is CC(C)(C)OC(=O)N1C[C@@H]2OC(=O)N[C@@H]2C1. The summed E-state index contributed by atoms with van der Waals surface area (Å²) in [4.78, 5) is 24.2. The maximum atomic E-state index is 11.7. The monoisotopic (exact) mass is 228 g/mol. The van der Waals surface area contributed by atoms with E-state index in [-0.39, 0.29) is 18.2 Å². The van der Waals surface area contributed by atoms with Crippen LogP contribution in [-0.2, 0) is 9.47 Å². The summed E-state index contributed by atoms with van der Waals surface area (Å²) in [6.45, 7) is 6.31. The molecule has 0 saturated carbocycles. The van der Waals surface area contributed by atoms with E-state index in [1.165, 1.54) is 0 Å². The van der Waals surface area contributed by atoms with Crippen molar-refractivity contribution in [2.45, 2.75) is 38.5 Å². The Hall–Kier alpha value is -1.46. The molecule has 0 unspecified atom stereocenters. The first-order chi connectivity index (χ1) is 7.35. The highest BCUT2D eigenvalue weighted by Gasteiger charge is 2.44. The molecule has 0 aromatic heterocycles. The van der Waals surface area contributed by atoms with Gasteiger partial charge < -0.3 is 19.7 Å². The fourth-order valence-electron chi connectivity index (χ4n) is 1.83. The summed E-state index contributed by atoms with van der Waals surface area (Å²) in [5.41, 5.74) is -0.501. The predicted octanol–water partition coefficient (Wildman–Crippen LogP) is 0.714. The molecule has 0 aromatic rings. The van der Waals surface area contributed by atoms with E-state index in [4.69, 9.17) is 9.47 Å². The number of nitrogens with zero attached hydrogens (tertiary/aromatic N) is 1. The highest BCUT2D eigenvalue weighted by Crippen LogP contribution is 2.21. The molecule has 2 aliphatic rings. The first kappa shape index (κ1) is 11.0. The molecule has 0 spiro atoms. The van der Waals surface area contributed by atoms with Gasteiger partial charge in [0, 0.05) is 6.54 Å². The third-order valence-corrected chi connectivity index (χ3v) is 2.48. The number of likely N-dealkylation sites (tertiary alicyclic amines) is 1. The quantitative estimate of drug-likeness (QED) is 0.663. The van der Waals surface area contributed by atoms with Gasteiger partial charge in [-0.05, 0) is 20.8 Å². The van der Waals surface area contributed by atoms with Gasteiger partial charge in [-0.2, -0.15) is 0 Å². The van der Waals surface area contributed by atoms with Gasteiger partial charge in [0.2, 0.25) is 0 Å². The van der Waals surface area contributed by atoms with Gasteiger partial charge in [-0.15, -0.1) is 0 Å². The minimum absolute atomic E-state index is 0.0972. The summed E-state index contributed by atoms with van der Waals surface area (Å²) in [5, 5.41) is 2.65. The van der Waals surface area contributed by atoms with E-state index in [1.54, 1.807) is 4.90 Å². The van der Waals surface area contributed by atoms with Crippen molar-refractivity contribution >= 4 is 12.2 Å². The Morgan fingerprint density at radius 3 is 2.75 bits per heavy atom. The molecule has 2 atom stereocenters. The summed E-state index contributed by atoms with van der Waals surface area (Å²) >= 11 is 0. The number of carbonyl (C=O) groups is 2. The van der Waals surface area contributed by atoms with E-state index in [0.717, 1.165) is 0 Å². The molecule has 2 rings (SSSR count). The smallest absolute Gasteiger partial charge is 0.410 e. The van der Waals surface area contributed by atoms with Crippen LogP contribution in [0.4, 0.5) is 9.59 Å². The first-order valence-electron chi connectivity index (χ1n) is 5.30. The second kappa shape index (κ2) is 3.54. The van der Waals surface area contributed by atoms with Crippen LogP contribution in [0.2, 0.25) is 0 Å². The number of amides is 2. The number of fused-ring (bicyclic) bond motifs is 1. The maximum Gasteiger partial charge on any atom is 0.410 e. The highest BCUT2D eigenvalue weighted by molar-refractivity contribution is 5.73. The Morgan fingerprint density at radius 1 is 1.50 bits per heavy atom. The second-order valence-corrected chi connectivity index (χ2v) is 5.08. The molecular weight excluding hydrogens is 212 g/mol. The lowest BCUT2D eigenvalue weighted by molar-refractivity contribution is 0.0259. The molecule has 1 N–H and O–H groups in total. The van der Waals surface area contributed by atoms with Crippen LogP contribution in [-0.4, -0.2) is 47.9 Å². The van der Waals surface area contributed by atoms with Gasteiger partial charge in [0.1, 0.15) is 11.7 Å². The van der Waals surface area contributed by atoms with Crippen LogP contribution in [0.15, 0.2) is 0 Å². The standard InChI is InChI=1S/C10H16N2O4/c1-10(2,3)16-9(14)12-4-6-7(5-12)15-8(13)11-6/h6-7H,4-5H2,1-3H3,(H,11,13)/t6-,7+/m1/s1. The summed E-state index contributed by atoms with van der Waals surface area (Å²) in [6, 6.07) is -0.0972. The average molecular weight is 228 g/mol. The summed E-state index contributed by atoms with van der Waals surface area (Å²) < 4.78 is 10.2. The van der Waals surface area contributed by atoms with Gasteiger partial charge in [0.05, 0.1) is 12.6 Å². The molecule has 0 bridgehead atoms. The largest absolute Gasteiger partial charge is 0.444 e. The van der Waals surface area contributed by atoms with E-state index < -0.39 is 11.7 Å². The molecule has 6 nitrogen and oxygen atoms in total. The highest BCUT2D eigenvalue weighted by atomic mass is 16.6. The van der Waals surface area contributed by atoms with Crippen LogP contribution in [0.5, 0.6) is 0 Å². The molecule has 2 heterocycles. The Bertz CT molecular complexity index is 307. The van der Waals surface area contributed by atoms with Gasteiger partial charge in [0.15, 0.2) is 0 Å². The number of carbonyl (C=O) groups excluding carboxylic acids is 2. The van der Waals surface area contributed by atoms with Crippen LogP contribution >= 0.6 is 0 Å². The molecule has 2 amide bonds. The van der Waals surface area contributed by atoms with E-state index in [1.807, 2.05) is 20.8 Å². The molecule has 2 saturated heterocycles. The zero-order valence-corrected chi connectivity index (χ0v) is 9.65. The normalized spacial score (nSPS) is 28.4. The fraction of sp³-hybridized carbons (Fsp3) is 0.800. The molecular formula is C10H16N2O4. The van der Waals surface area contributed by atoms with Crippen molar-refractivity contribution in [2.75, 3.05) is 13.1 Å². The van der Waals surface area contributed by atoms with E-state index in [0.29, 0.717) is 13.1 Å². The lowest BCUT2D eigenvalue weighted by atomic mass is 10.2. The van der Waals surface area contributed by atoms with Gasteiger partial charge in [-0.1, -0.05) is 0 Å². The molecule has 0 aliphatic carbocycles. The summed E-state index contributed by atoms with van der Waals surface area (Å²) in [7, 11) is 0. The number of alkyl carbamates (subject to hydrolysis) is 1. The molecule has 0 radical (unpaired) electrons.